The number of rotatable bonds is 2. The second-order valence-electron chi connectivity index (χ2n) is 5.52. The van der Waals surface area contributed by atoms with Crippen LogP contribution in [0.4, 0.5) is 0 Å². The third kappa shape index (κ3) is 3.62. The van der Waals surface area contributed by atoms with Crippen LogP contribution in [0.2, 0.25) is 0 Å². The van der Waals surface area contributed by atoms with Crippen molar-refractivity contribution < 1.29 is 25.8 Å². The number of fused-ring (bicyclic) bond motifs is 2. The molecule has 1 aliphatic rings. The molecule has 3 rings (SSSR count). The van der Waals surface area contributed by atoms with E-state index in [-0.39, 0.29) is 40.7 Å². The second-order valence-corrected chi connectivity index (χ2v) is 5.52. The summed E-state index contributed by atoms with van der Waals surface area (Å²) in [6.45, 7) is 4.60. The molecule has 2 aromatic rings. The average molecular weight is 420 g/mol. The van der Waals surface area contributed by atoms with Crippen LogP contribution in [0, 0.1) is 20.8 Å². The third-order valence-electron chi connectivity index (χ3n) is 3.70. The first kappa shape index (κ1) is 18.7. The molecule has 1 heteroatoms. The number of hydrogen-bond acceptors (Lipinski definition) is 0. The zero-order chi connectivity index (χ0) is 11.1. The zero-order valence-electron chi connectivity index (χ0n) is 12.7. The molecule has 0 heterocycles. The summed E-state index contributed by atoms with van der Waals surface area (Å²) in [5, 5.41) is 2.96. The van der Waals surface area contributed by atoms with Crippen molar-refractivity contribution in [3.05, 3.63) is 55.8 Å². The Bertz CT molecular complexity index is 520. The molecule has 0 atom stereocenters. The molecule has 104 valence electrons. The van der Waals surface area contributed by atoms with E-state index in [1.165, 1.54) is 36.5 Å². The van der Waals surface area contributed by atoms with Crippen LogP contribution in [0.3, 0.4) is 0 Å². The van der Waals surface area contributed by atoms with Gasteiger partial charge in [0.2, 0.25) is 0 Å². The standard InChI is InChI=1S/C16H19.2CH3.Hf/c1-11(2)8-14-6-7-15-9-12-4-3-5-13(12)10-16(14)15;;;/h6-7,9-11H,3-5,8H2,1-2H3;2*1H3;/q3*-1;. The molecule has 0 fully saturated rings. The molecule has 0 aromatic heterocycles. The first-order valence-electron chi connectivity index (χ1n) is 6.44. The van der Waals surface area contributed by atoms with E-state index in [9.17, 15) is 0 Å². The van der Waals surface area contributed by atoms with E-state index in [1.54, 1.807) is 16.7 Å². The molecule has 0 nitrogen and oxygen atoms in total. The van der Waals surface area contributed by atoms with Gasteiger partial charge < -0.3 is 14.9 Å². The molecule has 0 radical (unpaired) electrons. The normalized spacial score (nSPS) is 12.6. The Kier molecular flexibility index (Phi) is 7.36. The van der Waals surface area contributed by atoms with Crippen LogP contribution in [0.5, 0.6) is 0 Å². The smallest absolute Gasteiger partial charge is 0 e. The molecule has 0 spiro atoms. The molecule has 0 aliphatic heterocycles. The summed E-state index contributed by atoms with van der Waals surface area (Å²) < 4.78 is 0. The summed E-state index contributed by atoms with van der Waals surface area (Å²) in [5.41, 5.74) is 4.73. The fraction of sp³-hybridized carbons (Fsp3) is 0.389. The average Bonchev–Trinajstić information content (AvgIpc) is 2.81. The van der Waals surface area contributed by atoms with Gasteiger partial charge in [-0.05, 0) is 19.3 Å². The Morgan fingerprint density at radius 1 is 1.11 bits per heavy atom. The molecule has 2 aromatic carbocycles. The Labute approximate surface area is 137 Å². The summed E-state index contributed by atoms with van der Waals surface area (Å²) in [7, 11) is 0. The number of aryl methyl sites for hydroxylation is 2. The SMILES string of the molecule is CC(C)C[c-]1ccc2cc3c(cc21)CCC3.[CH3-].[CH3-].[Hf]. The fourth-order valence-corrected chi connectivity index (χ4v) is 2.96. The summed E-state index contributed by atoms with van der Waals surface area (Å²) in [6.07, 6.45) is 5.14. The summed E-state index contributed by atoms with van der Waals surface area (Å²) in [5.74, 6) is 0.749. The predicted molar refractivity (Wildman–Crippen MR) is 82.9 cm³/mol. The minimum absolute atomic E-state index is 0. The van der Waals surface area contributed by atoms with E-state index in [0.717, 1.165) is 5.92 Å². The molecule has 1 aliphatic carbocycles. The van der Waals surface area contributed by atoms with Crippen molar-refractivity contribution >= 4 is 10.8 Å². The van der Waals surface area contributed by atoms with Gasteiger partial charge >= 0.3 is 0 Å². The molecule has 0 amide bonds. The van der Waals surface area contributed by atoms with Crippen molar-refractivity contribution in [2.24, 2.45) is 5.92 Å². The van der Waals surface area contributed by atoms with Gasteiger partial charge in [0.15, 0.2) is 0 Å². The Morgan fingerprint density at radius 2 is 1.74 bits per heavy atom. The maximum absolute atomic E-state index is 2.45. The van der Waals surface area contributed by atoms with Crippen molar-refractivity contribution in [1.82, 2.24) is 0 Å². The largest absolute Gasteiger partial charge is 0.358 e. The minimum Gasteiger partial charge on any atom is -0.358 e. The van der Waals surface area contributed by atoms with Gasteiger partial charge in [-0.1, -0.05) is 37.3 Å². The first-order valence-corrected chi connectivity index (χ1v) is 6.44. The Hall–Kier alpha value is -0.300. The molecule has 0 unspecified atom stereocenters. The second kappa shape index (κ2) is 7.47. The Morgan fingerprint density at radius 3 is 2.37 bits per heavy atom. The van der Waals surface area contributed by atoms with Gasteiger partial charge in [0.1, 0.15) is 0 Å². The maximum Gasteiger partial charge on any atom is 0 e. The van der Waals surface area contributed by atoms with Crippen LogP contribution >= 0.6 is 0 Å². The number of hydrogen-bond donors (Lipinski definition) is 0. The summed E-state index contributed by atoms with van der Waals surface area (Å²) in [4.78, 5) is 0. The summed E-state index contributed by atoms with van der Waals surface area (Å²) in [6, 6.07) is 9.49. The molecular weight excluding hydrogens is 395 g/mol. The fourth-order valence-electron chi connectivity index (χ4n) is 2.96. The van der Waals surface area contributed by atoms with Gasteiger partial charge in [0.25, 0.3) is 0 Å². The van der Waals surface area contributed by atoms with Crippen LogP contribution in [0.15, 0.2) is 24.3 Å². The minimum atomic E-state index is 0. The van der Waals surface area contributed by atoms with Crippen LogP contribution in [-0.4, -0.2) is 0 Å². The molecule has 19 heavy (non-hydrogen) atoms. The van der Waals surface area contributed by atoms with Gasteiger partial charge in [-0.2, -0.15) is 6.07 Å². The first-order chi connectivity index (χ1) is 7.74. The quantitative estimate of drug-likeness (QED) is 0.467. The molecular formula is C18H25Hf-3. The predicted octanol–water partition coefficient (Wildman–Crippen LogP) is 5.14. The van der Waals surface area contributed by atoms with E-state index >= 15 is 0 Å². The van der Waals surface area contributed by atoms with E-state index in [2.05, 4.69) is 38.1 Å². The van der Waals surface area contributed by atoms with Crippen LogP contribution in [-0.2, 0) is 45.1 Å². The van der Waals surface area contributed by atoms with Gasteiger partial charge in [0.05, 0.1) is 0 Å². The van der Waals surface area contributed by atoms with Crippen LogP contribution < -0.4 is 0 Å². The molecule has 0 N–H and O–H groups in total. The van der Waals surface area contributed by atoms with Gasteiger partial charge in [0, 0.05) is 25.8 Å². The van der Waals surface area contributed by atoms with Crippen molar-refractivity contribution in [1.29, 1.82) is 0 Å². The van der Waals surface area contributed by atoms with E-state index < -0.39 is 0 Å². The molecule has 0 bridgehead atoms. The topological polar surface area (TPSA) is 0 Å². The molecule has 0 saturated carbocycles. The summed E-state index contributed by atoms with van der Waals surface area (Å²) >= 11 is 0. The third-order valence-corrected chi connectivity index (χ3v) is 3.70. The van der Waals surface area contributed by atoms with E-state index in [4.69, 9.17) is 0 Å². The monoisotopic (exact) mass is 421 g/mol. The zero-order valence-corrected chi connectivity index (χ0v) is 16.3. The van der Waals surface area contributed by atoms with E-state index in [0.29, 0.717) is 0 Å². The van der Waals surface area contributed by atoms with Gasteiger partial charge in [-0.15, -0.1) is 34.5 Å². The van der Waals surface area contributed by atoms with Gasteiger partial charge in [-0.3, -0.25) is 0 Å². The number of benzene rings is 1. The maximum atomic E-state index is 2.45. The van der Waals surface area contributed by atoms with Crippen molar-refractivity contribution in [2.45, 2.75) is 39.5 Å². The van der Waals surface area contributed by atoms with Crippen molar-refractivity contribution in [2.75, 3.05) is 0 Å². The van der Waals surface area contributed by atoms with Crippen molar-refractivity contribution in [3.63, 3.8) is 0 Å². The van der Waals surface area contributed by atoms with Gasteiger partial charge in [-0.25, -0.2) is 0 Å². The van der Waals surface area contributed by atoms with Crippen LogP contribution in [0.25, 0.3) is 10.8 Å². The van der Waals surface area contributed by atoms with Crippen LogP contribution in [0.1, 0.15) is 37.0 Å². The van der Waals surface area contributed by atoms with Crippen molar-refractivity contribution in [3.8, 4) is 0 Å². The van der Waals surface area contributed by atoms with E-state index in [1.807, 2.05) is 0 Å². The Balaban J connectivity index is 0.00000108. The molecule has 0 saturated heterocycles.